The predicted molar refractivity (Wildman–Crippen MR) is 527 cm³/mol. The number of fused-ring (bicyclic) bond motifs is 9. The van der Waals surface area contributed by atoms with Crippen molar-refractivity contribution in [1.82, 2.24) is 34.9 Å². The number of benzene rings is 17. The highest BCUT2D eigenvalue weighted by Crippen LogP contribution is 2.43. The third-order valence-electron chi connectivity index (χ3n) is 24.2. The van der Waals surface area contributed by atoms with Gasteiger partial charge < -0.3 is 0 Å². The first-order valence-corrected chi connectivity index (χ1v) is 42.6. The van der Waals surface area contributed by atoms with Crippen LogP contribution in [0, 0.1) is 0 Å². The second-order valence-electron chi connectivity index (χ2n) is 32.0. The Morgan fingerprint density at radius 2 is 0.421 bits per heavy atom. The molecular formula is C119H77N7. The lowest BCUT2D eigenvalue weighted by Crippen LogP contribution is -1.93. The van der Waals surface area contributed by atoms with Crippen LogP contribution in [0.4, 0.5) is 0 Å². The molecule has 0 aliphatic carbocycles. The summed E-state index contributed by atoms with van der Waals surface area (Å²) in [5, 5.41) is 18.1. The molecule has 7 aromatic heterocycles. The van der Waals surface area contributed by atoms with E-state index in [0.717, 1.165) is 128 Å². The van der Waals surface area contributed by atoms with Crippen LogP contribution in [-0.4, -0.2) is 34.9 Å². The molecule has 0 saturated heterocycles. The Labute approximate surface area is 729 Å². The van der Waals surface area contributed by atoms with Gasteiger partial charge in [0.2, 0.25) is 0 Å². The summed E-state index contributed by atoms with van der Waals surface area (Å²) in [4.78, 5) is 33.6. The zero-order chi connectivity index (χ0) is 83.6. The minimum Gasteiger partial charge on any atom is -0.265 e. The molecule has 0 N–H and O–H groups in total. The molecule has 0 aliphatic heterocycles. The van der Waals surface area contributed by atoms with Crippen molar-refractivity contribution in [2.45, 2.75) is 0 Å². The molecule has 0 amide bonds. The minimum atomic E-state index is 0.851. The van der Waals surface area contributed by atoms with Crippen LogP contribution in [0.15, 0.2) is 468 Å². The van der Waals surface area contributed by atoms with Crippen LogP contribution >= 0.6 is 0 Å². The number of hydrogen-bond donors (Lipinski definition) is 0. The summed E-state index contributed by atoms with van der Waals surface area (Å²) in [6.45, 7) is 0. The largest absolute Gasteiger partial charge is 0.265 e. The first-order valence-electron chi connectivity index (χ1n) is 42.6. The Morgan fingerprint density at radius 3 is 0.802 bits per heavy atom. The van der Waals surface area contributed by atoms with Gasteiger partial charge in [-0.05, 0) is 276 Å². The zero-order valence-corrected chi connectivity index (χ0v) is 68.6. The highest BCUT2D eigenvalue weighted by Gasteiger charge is 2.19. The van der Waals surface area contributed by atoms with Crippen molar-refractivity contribution >= 4 is 97.3 Å². The lowest BCUT2D eigenvalue weighted by atomic mass is 9.93. The molecule has 588 valence electrons. The SMILES string of the molecule is c1ccc(-c2ccc(-c3cc(-c4ccc5ccccc5c4)nc4ccc(-c5ccc6ccccc6c5)cc34)cn2)nc1.c1ccc(-c2cccc(-c3cc(-c4ccc5ccccc5c4)nc4ccc(-c5ccc6ccccc6c5)cc34)c2)nc1.c1ccc2cc(-c3ccc4nc(-c5ccc6ccccc6c5)cc(-c5ccc(-c6ccncc6)cc5)c4c3)ccc2c1. The first-order chi connectivity index (χ1) is 62.3. The van der Waals surface area contributed by atoms with Gasteiger partial charge in [-0.25, -0.2) is 15.0 Å². The van der Waals surface area contributed by atoms with Gasteiger partial charge in [0.15, 0.2) is 0 Å². The van der Waals surface area contributed by atoms with E-state index in [-0.39, 0.29) is 0 Å². The van der Waals surface area contributed by atoms with Crippen LogP contribution in [0.25, 0.3) is 232 Å². The number of pyridine rings is 7. The minimum absolute atomic E-state index is 0.851. The van der Waals surface area contributed by atoms with Crippen molar-refractivity contribution in [1.29, 1.82) is 0 Å². The van der Waals surface area contributed by atoms with Gasteiger partial charge in [0.05, 0.1) is 50.7 Å². The molecule has 0 atom stereocenters. The second kappa shape index (κ2) is 33.3. The number of rotatable bonds is 12. The molecular weight excluding hydrogens is 1530 g/mol. The van der Waals surface area contributed by atoms with E-state index in [1.165, 1.54) is 104 Å². The lowest BCUT2D eigenvalue weighted by molar-refractivity contribution is 1.25. The molecule has 0 fully saturated rings. The van der Waals surface area contributed by atoms with Gasteiger partial charge >= 0.3 is 0 Å². The molecule has 17 aromatic carbocycles. The van der Waals surface area contributed by atoms with Crippen LogP contribution in [0.1, 0.15) is 0 Å². The quantitative estimate of drug-likeness (QED) is 0.120. The Bertz CT molecular complexity index is 7940. The van der Waals surface area contributed by atoms with Crippen LogP contribution in [0.2, 0.25) is 0 Å². The van der Waals surface area contributed by atoms with Crippen molar-refractivity contribution in [2.24, 2.45) is 0 Å². The Balaban J connectivity index is 0.000000112. The highest BCUT2D eigenvalue weighted by atomic mass is 14.8. The Hall–Kier alpha value is -16.9. The molecule has 24 aromatic rings. The van der Waals surface area contributed by atoms with E-state index in [1.54, 1.807) is 6.20 Å². The summed E-state index contributed by atoms with van der Waals surface area (Å²) in [5.74, 6) is 0. The molecule has 126 heavy (non-hydrogen) atoms. The van der Waals surface area contributed by atoms with E-state index in [1.807, 2.05) is 73.3 Å². The maximum absolute atomic E-state index is 5.19. The van der Waals surface area contributed by atoms with Crippen LogP contribution in [0.3, 0.4) is 0 Å². The van der Waals surface area contributed by atoms with E-state index in [0.29, 0.717) is 0 Å². The smallest absolute Gasteiger partial charge is 0.0886 e. The van der Waals surface area contributed by atoms with Gasteiger partial charge in [0, 0.05) is 75.0 Å². The topological polar surface area (TPSA) is 90.2 Å². The normalized spacial score (nSPS) is 11.3. The summed E-state index contributed by atoms with van der Waals surface area (Å²) in [7, 11) is 0. The molecule has 0 aliphatic rings. The lowest BCUT2D eigenvalue weighted by Gasteiger charge is -2.14. The molecule has 7 nitrogen and oxygen atoms in total. The van der Waals surface area contributed by atoms with E-state index >= 15 is 0 Å². The van der Waals surface area contributed by atoms with E-state index in [2.05, 4.69) is 403 Å². The van der Waals surface area contributed by atoms with Crippen molar-refractivity contribution in [3.8, 4) is 134 Å². The zero-order valence-electron chi connectivity index (χ0n) is 68.6. The summed E-state index contributed by atoms with van der Waals surface area (Å²) in [6.07, 6.45) is 9.27. The van der Waals surface area contributed by atoms with E-state index in [4.69, 9.17) is 19.9 Å². The highest BCUT2D eigenvalue weighted by molar-refractivity contribution is 6.05. The van der Waals surface area contributed by atoms with Gasteiger partial charge in [-0.15, -0.1) is 0 Å². The molecule has 7 heteroatoms. The molecule has 0 radical (unpaired) electrons. The van der Waals surface area contributed by atoms with Gasteiger partial charge in [0.1, 0.15) is 0 Å². The summed E-state index contributed by atoms with van der Waals surface area (Å²) in [6, 6.07) is 155. The fourth-order valence-electron chi connectivity index (χ4n) is 17.5. The monoisotopic (exact) mass is 1600 g/mol. The number of nitrogens with zero attached hydrogens (tertiary/aromatic N) is 7. The Kier molecular flexibility index (Phi) is 19.9. The molecule has 0 saturated carbocycles. The van der Waals surface area contributed by atoms with Gasteiger partial charge in [0.25, 0.3) is 0 Å². The maximum atomic E-state index is 5.19. The van der Waals surface area contributed by atoms with E-state index < -0.39 is 0 Å². The van der Waals surface area contributed by atoms with Crippen molar-refractivity contribution in [2.75, 3.05) is 0 Å². The third kappa shape index (κ3) is 15.4. The first kappa shape index (κ1) is 75.3. The van der Waals surface area contributed by atoms with Gasteiger partial charge in [-0.3, -0.25) is 19.9 Å². The molecule has 0 unspecified atom stereocenters. The summed E-state index contributed by atoms with van der Waals surface area (Å²) >= 11 is 0. The van der Waals surface area contributed by atoms with Crippen LogP contribution in [0.5, 0.6) is 0 Å². The number of hydrogen-bond acceptors (Lipinski definition) is 7. The predicted octanol–water partition coefficient (Wildman–Crippen LogP) is 31.2. The summed E-state index contributed by atoms with van der Waals surface area (Å²) in [5.41, 5.74) is 29.1. The van der Waals surface area contributed by atoms with Gasteiger partial charge in [-0.2, -0.15) is 0 Å². The molecule has 0 bridgehead atoms. The Morgan fingerprint density at radius 1 is 0.135 bits per heavy atom. The van der Waals surface area contributed by atoms with Crippen molar-refractivity contribution in [3.63, 3.8) is 0 Å². The fourth-order valence-corrected chi connectivity index (χ4v) is 17.5. The van der Waals surface area contributed by atoms with Gasteiger partial charge in [-0.1, -0.05) is 297 Å². The van der Waals surface area contributed by atoms with Crippen molar-refractivity contribution in [3.05, 3.63) is 468 Å². The summed E-state index contributed by atoms with van der Waals surface area (Å²) < 4.78 is 0. The van der Waals surface area contributed by atoms with Crippen molar-refractivity contribution < 1.29 is 0 Å². The number of aromatic nitrogens is 7. The fraction of sp³-hybridized carbons (Fsp3) is 0. The standard InChI is InChI=1S/2C40H26N2.C39H25N3/c1-3-10-29-22-31(17-15-27(29)8-1)32-19-20-39-37(25-32)36(33-12-7-13-34(24-33)38-14-5-6-21-41-38)26-40(42-39)35-18-16-28-9-2-4-11-30(28)23-35;1-3-7-32-23-34(15-11-27(32)5-1)35-17-18-39-38(25-35)37(31-13-9-29(10-14-31)30-19-21-41-22-20-30)26-40(42-39)36-16-12-28-6-2-4-8-33(28)24-36;1-3-9-28-21-30(14-12-26(28)7-1)31-16-18-36-35(23-31)34(33-17-19-38(41-25-33)37-11-5-6-20-40-37)24-39(42-36)32-15-13-27-8-2-4-10-29(27)22-32/h2*1-26H;1-25H. The second-order valence-corrected chi connectivity index (χ2v) is 32.0. The van der Waals surface area contributed by atoms with Crippen LogP contribution in [-0.2, 0) is 0 Å². The van der Waals surface area contributed by atoms with Crippen LogP contribution < -0.4 is 0 Å². The maximum Gasteiger partial charge on any atom is 0.0886 e. The molecule has 24 rings (SSSR count). The molecule has 0 spiro atoms. The molecule has 7 heterocycles. The average molecular weight is 1600 g/mol. The average Bonchev–Trinajstić information content (AvgIpc) is 0.767. The van der Waals surface area contributed by atoms with E-state index in [9.17, 15) is 0 Å². The third-order valence-corrected chi connectivity index (χ3v) is 24.2.